The third kappa shape index (κ3) is 3.71. The quantitative estimate of drug-likeness (QED) is 0.870. The summed E-state index contributed by atoms with van der Waals surface area (Å²) in [6.07, 6.45) is 3.99. The molecule has 2 rings (SSSR count). The molecule has 0 saturated heterocycles. The maximum atomic E-state index is 5.74. The summed E-state index contributed by atoms with van der Waals surface area (Å²) >= 11 is 3.57. The van der Waals surface area contributed by atoms with Gasteiger partial charge in [0.1, 0.15) is 0 Å². The first-order valence-electron chi connectivity index (χ1n) is 6.47. The Hall–Kier alpha value is -0.540. The second kappa shape index (κ2) is 5.87. The molecule has 0 heterocycles. The lowest BCUT2D eigenvalue weighted by molar-refractivity contribution is 0.707. The van der Waals surface area contributed by atoms with Crippen LogP contribution in [0, 0.1) is 5.92 Å². The number of benzene rings is 1. The zero-order valence-electron chi connectivity index (χ0n) is 10.5. The molecule has 0 unspecified atom stereocenters. The Kier molecular flexibility index (Phi) is 4.46. The summed E-state index contributed by atoms with van der Waals surface area (Å²) in [5, 5.41) is 0. The fraction of sp³-hybridized carbons (Fsp3) is 0.571. The standard InChI is InChI=1S/C14H21BrN2/c1-2-5-17(10-11-3-4-11)14-7-12(9-16)6-13(15)8-14/h6-8,11H,2-5,9-10,16H2,1H3. The molecule has 1 aromatic carbocycles. The molecule has 1 aliphatic rings. The molecule has 0 radical (unpaired) electrons. The number of nitrogens with two attached hydrogens (primary N) is 1. The zero-order valence-corrected chi connectivity index (χ0v) is 12.0. The first-order valence-corrected chi connectivity index (χ1v) is 7.26. The molecule has 94 valence electrons. The van der Waals surface area contributed by atoms with E-state index in [1.165, 1.54) is 37.1 Å². The average Bonchev–Trinajstić information content (AvgIpc) is 3.11. The Bertz CT molecular complexity index is 374. The van der Waals surface area contributed by atoms with Crippen LogP contribution in [-0.4, -0.2) is 13.1 Å². The molecule has 0 amide bonds. The van der Waals surface area contributed by atoms with Crippen molar-refractivity contribution in [2.24, 2.45) is 11.7 Å². The molecule has 2 nitrogen and oxygen atoms in total. The third-order valence-corrected chi connectivity index (χ3v) is 3.67. The van der Waals surface area contributed by atoms with Crippen molar-refractivity contribution < 1.29 is 0 Å². The molecule has 0 aromatic heterocycles. The molecule has 1 aromatic rings. The Morgan fingerprint density at radius 3 is 2.71 bits per heavy atom. The first kappa shape index (κ1) is 12.9. The van der Waals surface area contributed by atoms with Gasteiger partial charge < -0.3 is 10.6 Å². The van der Waals surface area contributed by atoms with Crippen molar-refractivity contribution in [3.8, 4) is 0 Å². The van der Waals surface area contributed by atoms with Gasteiger partial charge in [-0.25, -0.2) is 0 Å². The summed E-state index contributed by atoms with van der Waals surface area (Å²) in [6.45, 7) is 5.18. The lowest BCUT2D eigenvalue weighted by Gasteiger charge is -2.25. The van der Waals surface area contributed by atoms with E-state index in [1.807, 2.05) is 0 Å². The fourth-order valence-electron chi connectivity index (χ4n) is 2.14. The summed E-state index contributed by atoms with van der Waals surface area (Å²) in [7, 11) is 0. The second-order valence-corrected chi connectivity index (χ2v) is 5.83. The van der Waals surface area contributed by atoms with Gasteiger partial charge >= 0.3 is 0 Å². The molecular formula is C14H21BrN2. The van der Waals surface area contributed by atoms with Crippen LogP contribution < -0.4 is 10.6 Å². The van der Waals surface area contributed by atoms with E-state index in [4.69, 9.17) is 5.73 Å². The van der Waals surface area contributed by atoms with Crippen molar-refractivity contribution in [2.45, 2.75) is 32.7 Å². The minimum Gasteiger partial charge on any atom is -0.371 e. The number of hydrogen-bond acceptors (Lipinski definition) is 2. The van der Waals surface area contributed by atoms with E-state index in [9.17, 15) is 0 Å². The molecule has 3 heteroatoms. The number of halogens is 1. The average molecular weight is 297 g/mol. The van der Waals surface area contributed by atoms with Crippen molar-refractivity contribution in [3.63, 3.8) is 0 Å². The molecule has 1 aliphatic carbocycles. The van der Waals surface area contributed by atoms with Gasteiger partial charge in [0, 0.05) is 29.8 Å². The summed E-state index contributed by atoms with van der Waals surface area (Å²) in [5.41, 5.74) is 8.25. The van der Waals surface area contributed by atoms with Crippen LogP contribution in [0.2, 0.25) is 0 Å². The molecule has 0 aliphatic heterocycles. The van der Waals surface area contributed by atoms with E-state index in [2.05, 4.69) is 46.0 Å². The van der Waals surface area contributed by atoms with Gasteiger partial charge in [-0.2, -0.15) is 0 Å². The SMILES string of the molecule is CCCN(CC1CC1)c1cc(Br)cc(CN)c1. The van der Waals surface area contributed by atoms with Crippen molar-refractivity contribution >= 4 is 21.6 Å². The third-order valence-electron chi connectivity index (χ3n) is 3.21. The number of nitrogens with zero attached hydrogens (tertiary/aromatic N) is 1. The maximum absolute atomic E-state index is 5.74. The van der Waals surface area contributed by atoms with E-state index in [-0.39, 0.29) is 0 Å². The minimum atomic E-state index is 0.607. The van der Waals surface area contributed by atoms with Gasteiger partial charge in [0.25, 0.3) is 0 Å². The summed E-state index contributed by atoms with van der Waals surface area (Å²) in [4.78, 5) is 2.50. The Morgan fingerprint density at radius 2 is 2.12 bits per heavy atom. The van der Waals surface area contributed by atoms with E-state index in [1.54, 1.807) is 0 Å². The van der Waals surface area contributed by atoms with Gasteiger partial charge in [-0.05, 0) is 48.9 Å². The highest BCUT2D eigenvalue weighted by Crippen LogP contribution is 2.32. The Labute approximate surface area is 112 Å². The van der Waals surface area contributed by atoms with E-state index < -0.39 is 0 Å². The van der Waals surface area contributed by atoms with E-state index in [0.29, 0.717) is 6.54 Å². The zero-order chi connectivity index (χ0) is 12.3. The molecule has 17 heavy (non-hydrogen) atoms. The predicted octanol–water partition coefficient (Wildman–Crippen LogP) is 3.53. The lowest BCUT2D eigenvalue weighted by atomic mass is 10.1. The smallest absolute Gasteiger partial charge is 0.0380 e. The van der Waals surface area contributed by atoms with Gasteiger partial charge in [-0.1, -0.05) is 22.9 Å². The van der Waals surface area contributed by atoms with Crippen molar-refractivity contribution in [2.75, 3.05) is 18.0 Å². The minimum absolute atomic E-state index is 0.607. The molecule has 1 saturated carbocycles. The summed E-state index contributed by atoms with van der Waals surface area (Å²) in [6, 6.07) is 6.53. The lowest BCUT2D eigenvalue weighted by Crippen LogP contribution is -2.26. The van der Waals surface area contributed by atoms with Crippen molar-refractivity contribution in [1.82, 2.24) is 0 Å². The van der Waals surface area contributed by atoms with Crippen molar-refractivity contribution in [1.29, 1.82) is 0 Å². The van der Waals surface area contributed by atoms with Gasteiger partial charge in [0.2, 0.25) is 0 Å². The molecule has 2 N–H and O–H groups in total. The van der Waals surface area contributed by atoms with E-state index in [0.717, 1.165) is 16.9 Å². The Balaban J connectivity index is 2.17. The molecular weight excluding hydrogens is 276 g/mol. The van der Waals surface area contributed by atoms with Crippen LogP contribution in [0.5, 0.6) is 0 Å². The van der Waals surface area contributed by atoms with Gasteiger partial charge in [-0.3, -0.25) is 0 Å². The van der Waals surface area contributed by atoms with Gasteiger partial charge in [0.05, 0.1) is 0 Å². The topological polar surface area (TPSA) is 29.3 Å². The van der Waals surface area contributed by atoms with Crippen LogP contribution in [0.15, 0.2) is 22.7 Å². The number of rotatable bonds is 6. The van der Waals surface area contributed by atoms with Crippen LogP contribution in [0.4, 0.5) is 5.69 Å². The maximum Gasteiger partial charge on any atom is 0.0380 e. The van der Waals surface area contributed by atoms with E-state index >= 15 is 0 Å². The van der Waals surface area contributed by atoms with Gasteiger partial charge in [-0.15, -0.1) is 0 Å². The van der Waals surface area contributed by atoms with Crippen LogP contribution in [-0.2, 0) is 6.54 Å². The molecule has 0 atom stereocenters. The largest absolute Gasteiger partial charge is 0.371 e. The first-order chi connectivity index (χ1) is 8.22. The van der Waals surface area contributed by atoms with Crippen LogP contribution >= 0.6 is 15.9 Å². The number of anilines is 1. The summed E-state index contributed by atoms with van der Waals surface area (Å²) < 4.78 is 1.13. The highest BCUT2D eigenvalue weighted by atomic mass is 79.9. The normalized spacial score (nSPS) is 15.0. The molecule has 0 spiro atoms. The van der Waals surface area contributed by atoms with Crippen LogP contribution in [0.1, 0.15) is 31.7 Å². The summed E-state index contributed by atoms with van der Waals surface area (Å²) in [5.74, 6) is 0.918. The fourth-order valence-corrected chi connectivity index (χ4v) is 2.67. The van der Waals surface area contributed by atoms with Gasteiger partial charge in [0.15, 0.2) is 0 Å². The van der Waals surface area contributed by atoms with Crippen molar-refractivity contribution in [3.05, 3.63) is 28.2 Å². The van der Waals surface area contributed by atoms with Crippen LogP contribution in [0.25, 0.3) is 0 Å². The van der Waals surface area contributed by atoms with Crippen LogP contribution in [0.3, 0.4) is 0 Å². The number of hydrogen-bond donors (Lipinski definition) is 1. The highest BCUT2D eigenvalue weighted by Gasteiger charge is 2.24. The molecule has 0 bridgehead atoms. The highest BCUT2D eigenvalue weighted by molar-refractivity contribution is 9.10. The second-order valence-electron chi connectivity index (χ2n) is 4.91. The Morgan fingerprint density at radius 1 is 1.35 bits per heavy atom. The molecule has 1 fully saturated rings. The monoisotopic (exact) mass is 296 g/mol. The predicted molar refractivity (Wildman–Crippen MR) is 77.3 cm³/mol.